The van der Waals surface area contributed by atoms with Crippen LogP contribution in [-0.2, 0) is 17.6 Å². The molecule has 0 bridgehead atoms. The number of methoxy groups -OCH3 is 1. The third-order valence-corrected chi connectivity index (χ3v) is 3.75. The summed E-state index contributed by atoms with van der Waals surface area (Å²) in [5.41, 5.74) is 6.07. The molecule has 2 nitrogen and oxygen atoms in total. The molecule has 1 aromatic rings. The lowest BCUT2D eigenvalue weighted by Gasteiger charge is -2.23. The number of nitrogens with two attached hydrogens (primary N) is 1. The maximum Gasteiger partial charge on any atom is 0.0479 e. The molecule has 0 radical (unpaired) electrons. The predicted octanol–water partition coefficient (Wildman–Crippen LogP) is 2.61. The van der Waals surface area contributed by atoms with E-state index < -0.39 is 0 Å². The van der Waals surface area contributed by atoms with Crippen LogP contribution in [0.3, 0.4) is 0 Å². The van der Waals surface area contributed by atoms with Crippen LogP contribution in [0.2, 0.25) is 0 Å². The van der Waals surface area contributed by atoms with E-state index in [-0.39, 0.29) is 5.54 Å². The number of thiophene rings is 1. The van der Waals surface area contributed by atoms with Crippen LogP contribution < -0.4 is 5.73 Å². The van der Waals surface area contributed by atoms with Crippen molar-refractivity contribution in [2.24, 2.45) is 5.73 Å². The molecule has 0 spiro atoms. The molecule has 0 saturated heterocycles. The predicted molar refractivity (Wildman–Crippen MR) is 66.5 cm³/mol. The van der Waals surface area contributed by atoms with E-state index in [0.717, 1.165) is 25.9 Å². The van der Waals surface area contributed by atoms with Gasteiger partial charge in [0.1, 0.15) is 0 Å². The highest BCUT2D eigenvalue weighted by atomic mass is 32.1. The van der Waals surface area contributed by atoms with Gasteiger partial charge in [0, 0.05) is 29.0 Å². The van der Waals surface area contributed by atoms with E-state index in [1.165, 1.54) is 9.75 Å². The summed E-state index contributed by atoms with van der Waals surface area (Å²) in [6, 6.07) is 4.40. The Bertz CT molecular complexity index is 294. The van der Waals surface area contributed by atoms with E-state index in [4.69, 9.17) is 10.5 Å². The highest BCUT2D eigenvalue weighted by Gasteiger charge is 2.19. The molecule has 0 aromatic carbocycles. The van der Waals surface area contributed by atoms with Gasteiger partial charge in [-0.2, -0.15) is 0 Å². The van der Waals surface area contributed by atoms with Crippen molar-refractivity contribution < 1.29 is 4.74 Å². The van der Waals surface area contributed by atoms with Gasteiger partial charge in [-0.15, -0.1) is 11.3 Å². The summed E-state index contributed by atoms with van der Waals surface area (Å²) >= 11 is 1.87. The first-order chi connectivity index (χ1) is 7.07. The van der Waals surface area contributed by atoms with Crippen molar-refractivity contribution in [3.05, 3.63) is 21.9 Å². The minimum absolute atomic E-state index is 0.147. The Hall–Kier alpha value is -0.380. The molecule has 86 valence electrons. The molecule has 15 heavy (non-hydrogen) atoms. The Balaban J connectivity index is 2.52. The molecule has 0 fully saturated rings. The van der Waals surface area contributed by atoms with Crippen LogP contribution in [0.1, 0.15) is 30.0 Å². The van der Waals surface area contributed by atoms with Crippen molar-refractivity contribution >= 4 is 11.3 Å². The smallest absolute Gasteiger partial charge is 0.0479 e. The van der Waals surface area contributed by atoms with Gasteiger partial charge in [-0.1, -0.05) is 6.92 Å². The molecule has 0 saturated carbocycles. The minimum Gasteiger partial charge on any atom is -0.385 e. The fraction of sp³-hybridized carbons (Fsp3) is 0.667. The van der Waals surface area contributed by atoms with Crippen LogP contribution >= 0.6 is 11.3 Å². The first kappa shape index (κ1) is 12.7. The quantitative estimate of drug-likeness (QED) is 0.811. The van der Waals surface area contributed by atoms with Crippen molar-refractivity contribution in [2.75, 3.05) is 13.7 Å². The lowest BCUT2D eigenvalue weighted by Crippen LogP contribution is -2.39. The van der Waals surface area contributed by atoms with E-state index >= 15 is 0 Å². The Morgan fingerprint density at radius 3 is 2.60 bits per heavy atom. The summed E-state index contributed by atoms with van der Waals surface area (Å²) in [5, 5.41) is 0. The number of rotatable bonds is 6. The fourth-order valence-corrected chi connectivity index (χ4v) is 2.68. The van der Waals surface area contributed by atoms with Gasteiger partial charge in [0.2, 0.25) is 0 Å². The largest absolute Gasteiger partial charge is 0.385 e. The second-order valence-corrected chi connectivity index (χ2v) is 5.55. The van der Waals surface area contributed by atoms with Gasteiger partial charge in [-0.3, -0.25) is 0 Å². The zero-order valence-corrected chi connectivity index (χ0v) is 10.7. The highest BCUT2D eigenvalue weighted by Crippen LogP contribution is 2.22. The Morgan fingerprint density at radius 1 is 1.40 bits per heavy atom. The van der Waals surface area contributed by atoms with Crippen LogP contribution in [0.25, 0.3) is 0 Å². The van der Waals surface area contributed by atoms with E-state index in [0.29, 0.717) is 0 Å². The third kappa shape index (κ3) is 4.33. The Kier molecular flexibility index (Phi) is 4.77. The monoisotopic (exact) mass is 227 g/mol. The van der Waals surface area contributed by atoms with Crippen molar-refractivity contribution in [1.82, 2.24) is 0 Å². The second kappa shape index (κ2) is 5.64. The summed E-state index contributed by atoms with van der Waals surface area (Å²) < 4.78 is 5.07. The van der Waals surface area contributed by atoms with E-state index in [1.54, 1.807) is 7.11 Å². The summed E-state index contributed by atoms with van der Waals surface area (Å²) in [6.07, 6.45) is 2.97. The Labute approximate surface area is 96.4 Å². The lowest BCUT2D eigenvalue weighted by molar-refractivity contribution is 0.172. The van der Waals surface area contributed by atoms with Gasteiger partial charge in [0.05, 0.1) is 0 Å². The maximum absolute atomic E-state index is 6.21. The SMILES string of the molecule is CCc1ccc(CC(C)(N)CCOC)s1. The van der Waals surface area contributed by atoms with Crippen molar-refractivity contribution in [3.8, 4) is 0 Å². The molecule has 0 aliphatic rings. The number of ether oxygens (including phenoxy) is 1. The van der Waals surface area contributed by atoms with Crippen LogP contribution in [0, 0.1) is 0 Å². The van der Waals surface area contributed by atoms with E-state index in [9.17, 15) is 0 Å². The molecule has 0 aliphatic carbocycles. The topological polar surface area (TPSA) is 35.2 Å². The van der Waals surface area contributed by atoms with Gasteiger partial charge in [0.15, 0.2) is 0 Å². The molecule has 0 amide bonds. The first-order valence-corrected chi connectivity index (χ1v) is 6.24. The average Bonchev–Trinajstić information content (AvgIpc) is 2.62. The van der Waals surface area contributed by atoms with Crippen LogP contribution in [0.15, 0.2) is 12.1 Å². The van der Waals surface area contributed by atoms with Gasteiger partial charge < -0.3 is 10.5 Å². The zero-order chi connectivity index (χ0) is 11.3. The molecule has 1 atom stereocenters. The summed E-state index contributed by atoms with van der Waals surface area (Å²) in [7, 11) is 1.72. The number of hydrogen-bond donors (Lipinski definition) is 1. The molecule has 1 aromatic heterocycles. The van der Waals surface area contributed by atoms with Crippen molar-refractivity contribution in [2.45, 2.75) is 38.6 Å². The lowest BCUT2D eigenvalue weighted by atomic mass is 9.95. The normalized spacial score (nSPS) is 15.2. The highest BCUT2D eigenvalue weighted by molar-refractivity contribution is 7.12. The minimum atomic E-state index is -0.147. The fourth-order valence-electron chi connectivity index (χ4n) is 1.53. The van der Waals surface area contributed by atoms with Gasteiger partial charge in [0.25, 0.3) is 0 Å². The second-order valence-electron chi connectivity index (χ2n) is 4.30. The summed E-state index contributed by atoms with van der Waals surface area (Å²) in [4.78, 5) is 2.82. The number of aryl methyl sites for hydroxylation is 1. The Morgan fingerprint density at radius 2 is 2.07 bits per heavy atom. The molecular weight excluding hydrogens is 206 g/mol. The maximum atomic E-state index is 6.21. The van der Waals surface area contributed by atoms with Crippen LogP contribution in [0.4, 0.5) is 0 Å². The van der Waals surface area contributed by atoms with E-state index in [2.05, 4.69) is 26.0 Å². The summed E-state index contributed by atoms with van der Waals surface area (Å²) in [6.45, 7) is 5.01. The third-order valence-electron chi connectivity index (χ3n) is 2.52. The zero-order valence-electron chi connectivity index (χ0n) is 9.88. The molecule has 0 aliphatic heterocycles. The first-order valence-electron chi connectivity index (χ1n) is 5.43. The molecular formula is C12H21NOS. The van der Waals surface area contributed by atoms with Gasteiger partial charge in [-0.25, -0.2) is 0 Å². The van der Waals surface area contributed by atoms with Crippen molar-refractivity contribution in [1.29, 1.82) is 0 Å². The van der Waals surface area contributed by atoms with E-state index in [1.807, 2.05) is 11.3 Å². The molecule has 2 N–H and O–H groups in total. The molecule has 1 unspecified atom stereocenters. The standard InChI is InChI=1S/C12H21NOS/c1-4-10-5-6-11(15-10)9-12(2,13)7-8-14-3/h5-6H,4,7-9,13H2,1-3H3. The van der Waals surface area contributed by atoms with Gasteiger partial charge in [-0.05, 0) is 38.3 Å². The van der Waals surface area contributed by atoms with Crippen molar-refractivity contribution in [3.63, 3.8) is 0 Å². The summed E-state index contributed by atoms with van der Waals surface area (Å²) in [5.74, 6) is 0. The average molecular weight is 227 g/mol. The molecule has 1 heterocycles. The van der Waals surface area contributed by atoms with Gasteiger partial charge >= 0.3 is 0 Å². The molecule has 3 heteroatoms. The molecule has 1 rings (SSSR count). The number of hydrogen-bond acceptors (Lipinski definition) is 3. The van der Waals surface area contributed by atoms with Crippen LogP contribution in [0.5, 0.6) is 0 Å². The van der Waals surface area contributed by atoms with Crippen LogP contribution in [-0.4, -0.2) is 19.3 Å².